The molecule has 8 heteroatoms. The molecule has 1 aromatic carbocycles. The number of carbonyl (C=O) groups excluding carboxylic acids is 1. The molecule has 2 N–H and O–H groups in total. The molecule has 2 aromatic rings. The van der Waals surface area contributed by atoms with Crippen molar-refractivity contribution in [3.63, 3.8) is 0 Å². The van der Waals surface area contributed by atoms with Gasteiger partial charge < -0.3 is 5.32 Å². The van der Waals surface area contributed by atoms with E-state index in [2.05, 4.69) is 15.6 Å². The van der Waals surface area contributed by atoms with Crippen molar-refractivity contribution in [3.8, 4) is 0 Å². The van der Waals surface area contributed by atoms with Crippen molar-refractivity contribution in [2.75, 3.05) is 12.4 Å². The lowest BCUT2D eigenvalue weighted by atomic mass is 10.2. The maximum atomic E-state index is 13.5. The molecule has 1 unspecified atom stereocenters. The summed E-state index contributed by atoms with van der Waals surface area (Å²) in [6.45, 7) is 1.88. The predicted molar refractivity (Wildman–Crippen MR) is 73.9 cm³/mol. The van der Waals surface area contributed by atoms with Crippen molar-refractivity contribution in [1.82, 2.24) is 10.3 Å². The molecular formula is C13H12F3N3OS. The Morgan fingerprint density at radius 1 is 1.29 bits per heavy atom. The summed E-state index contributed by atoms with van der Waals surface area (Å²) in [4.78, 5) is 16.0. The SMILES string of the molecule is CNC(C)c1csc(NC(=O)c2ccc(F)c(F)c2F)n1. The fourth-order valence-electron chi connectivity index (χ4n) is 1.56. The molecular weight excluding hydrogens is 303 g/mol. The number of nitrogens with zero attached hydrogens (tertiary/aromatic N) is 1. The molecule has 2 rings (SSSR count). The predicted octanol–water partition coefficient (Wildman–Crippen LogP) is 3.09. The van der Waals surface area contributed by atoms with Crippen molar-refractivity contribution in [1.29, 1.82) is 0 Å². The number of thiazole rings is 1. The first-order valence-electron chi connectivity index (χ1n) is 6.01. The van der Waals surface area contributed by atoms with Gasteiger partial charge in [-0.1, -0.05) is 0 Å². The van der Waals surface area contributed by atoms with E-state index in [4.69, 9.17) is 0 Å². The van der Waals surface area contributed by atoms with E-state index in [0.29, 0.717) is 11.8 Å². The van der Waals surface area contributed by atoms with E-state index in [9.17, 15) is 18.0 Å². The second-order valence-corrected chi connectivity index (χ2v) is 5.12. The number of anilines is 1. The zero-order valence-corrected chi connectivity index (χ0v) is 12.0. The molecule has 4 nitrogen and oxygen atoms in total. The average molecular weight is 315 g/mol. The number of halogens is 3. The Morgan fingerprint density at radius 2 is 2.00 bits per heavy atom. The van der Waals surface area contributed by atoms with Crippen LogP contribution in [0, 0.1) is 17.5 Å². The fourth-order valence-corrected chi connectivity index (χ4v) is 2.35. The molecule has 0 spiro atoms. The first kappa shape index (κ1) is 15.5. The molecule has 1 amide bonds. The number of benzene rings is 1. The molecule has 0 bridgehead atoms. The zero-order chi connectivity index (χ0) is 15.6. The van der Waals surface area contributed by atoms with E-state index in [-0.39, 0.29) is 11.2 Å². The van der Waals surface area contributed by atoms with Crippen molar-refractivity contribution < 1.29 is 18.0 Å². The molecule has 0 aliphatic heterocycles. The third-order valence-corrected chi connectivity index (χ3v) is 3.67. The lowest BCUT2D eigenvalue weighted by Crippen LogP contribution is -2.16. The summed E-state index contributed by atoms with van der Waals surface area (Å²) in [5.41, 5.74) is 0.135. The van der Waals surface area contributed by atoms with Crippen molar-refractivity contribution in [2.45, 2.75) is 13.0 Å². The highest BCUT2D eigenvalue weighted by Crippen LogP contribution is 2.22. The summed E-state index contributed by atoms with van der Waals surface area (Å²) >= 11 is 1.16. The zero-order valence-electron chi connectivity index (χ0n) is 11.2. The van der Waals surface area contributed by atoms with E-state index in [1.807, 2.05) is 6.92 Å². The van der Waals surface area contributed by atoms with Gasteiger partial charge in [-0.2, -0.15) is 0 Å². The maximum absolute atomic E-state index is 13.5. The fraction of sp³-hybridized carbons (Fsp3) is 0.231. The van der Waals surface area contributed by atoms with Gasteiger partial charge in [-0.3, -0.25) is 10.1 Å². The van der Waals surface area contributed by atoms with Crippen molar-refractivity contribution >= 4 is 22.4 Å². The van der Waals surface area contributed by atoms with Gasteiger partial charge in [0.1, 0.15) is 0 Å². The smallest absolute Gasteiger partial charge is 0.260 e. The first-order valence-corrected chi connectivity index (χ1v) is 6.89. The largest absolute Gasteiger partial charge is 0.312 e. The summed E-state index contributed by atoms with van der Waals surface area (Å²) in [5.74, 6) is -5.42. The van der Waals surface area contributed by atoms with Crippen molar-refractivity contribution in [3.05, 3.63) is 46.2 Å². The normalized spacial score (nSPS) is 12.2. The van der Waals surface area contributed by atoms with E-state index in [1.54, 1.807) is 12.4 Å². The highest BCUT2D eigenvalue weighted by atomic mass is 32.1. The Hall–Kier alpha value is -1.93. The summed E-state index contributed by atoms with van der Waals surface area (Å²) in [7, 11) is 1.76. The number of aromatic nitrogens is 1. The molecule has 0 fully saturated rings. The van der Waals surface area contributed by atoms with Crippen LogP contribution in [0.5, 0.6) is 0 Å². The molecule has 0 radical (unpaired) electrons. The van der Waals surface area contributed by atoms with E-state index in [0.717, 1.165) is 17.4 Å². The van der Waals surface area contributed by atoms with E-state index < -0.39 is 28.9 Å². The monoisotopic (exact) mass is 315 g/mol. The highest BCUT2D eigenvalue weighted by molar-refractivity contribution is 7.14. The first-order chi connectivity index (χ1) is 9.93. The summed E-state index contributed by atoms with van der Waals surface area (Å²) < 4.78 is 39.4. The second kappa shape index (κ2) is 6.23. The number of hydrogen-bond acceptors (Lipinski definition) is 4. The third kappa shape index (κ3) is 3.22. The Labute approximate surface area is 123 Å². The third-order valence-electron chi connectivity index (χ3n) is 2.90. The lowest BCUT2D eigenvalue weighted by Gasteiger charge is -2.06. The minimum atomic E-state index is -1.67. The van der Waals surface area contributed by atoms with Crippen LogP contribution in [0.25, 0.3) is 0 Å². The molecule has 0 aliphatic rings. The molecule has 0 aliphatic carbocycles. The number of rotatable bonds is 4. The summed E-state index contributed by atoms with van der Waals surface area (Å²) in [6.07, 6.45) is 0. The Balaban J connectivity index is 2.19. The van der Waals surface area contributed by atoms with Crippen LogP contribution >= 0.6 is 11.3 Å². The van der Waals surface area contributed by atoms with Gasteiger partial charge in [0.15, 0.2) is 22.6 Å². The van der Waals surface area contributed by atoms with Crippen LogP contribution < -0.4 is 10.6 Å². The highest BCUT2D eigenvalue weighted by Gasteiger charge is 2.20. The lowest BCUT2D eigenvalue weighted by molar-refractivity contribution is 0.102. The maximum Gasteiger partial charge on any atom is 0.260 e. The van der Waals surface area contributed by atoms with Crippen LogP contribution in [-0.4, -0.2) is 17.9 Å². The minimum absolute atomic E-state index is 0.00750. The quantitative estimate of drug-likeness (QED) is 0.853. The number of amides is 1. The number of nitrogens with one attached hydrogen (secondary N) is 2. The van der Waals surface area contributed by atoms with Gasteiger partial charge in [-0.05, 0) is 26.1 Å². The van der Waals surface area contributed by atoms with Gasteiger partial charge >= 0.3 is 0 Å². The molecule has 1 heterocycles. The molecule has 1 atom stereocenters. The van der Waals surface area contributed by atoms with Gasteiger partial charge in [0.25, 0.3) is 5.91 Å². The standard InChI is InChI=1S/C13H12F3N3OS/c1-6(17-2)9-5-21-13(18-9)19-12(20)7-3-4-8(14)11(16)10(7)15/h3-6,17H,1-2H3,(H,18,19,20). The molecule has 0 saturated heterocycles. The number of hydrogen-bond donors (Lipinski definition) is 2. The van der Waals surface area contributed by atoms with Crippen molar-refractivity contribution in [2.24, 2.45) is 0 Å². The van der Waals surface area contributed by atoms with E-state index >= 15 is 0 Å². The second-order valence-electron chi connectivity index (χ2n) is 4.26. The van der Waals surface area contributed by atoms with Crippen LogP contribution in [-0.2, 0) is 0 Å². The molecule has 0 saturated carbocycles. The summed E-state index contributed by atoms with van der Waals surface area (Å²) in [5, 5.41) is 7.32. The molecule has 21 heavy (non-hydrogen) atoms. The van der Waals surface area contributed by atoms with Crippen LogP contribution in [0.15, 0.2) is 17.5 Å². The van der Waals surface area contributed by atoms with Crippen LogP contribution in [0.2, 0.25) is 0 Å². The Bertz CT molecular complexity index is 675. The summed E-state index contributed by atoms with van der Waals surface area (Å²) in [6, 6.07) is 1.57. The molecule has 1 aromatic heterocycles. The van der Waals surface area contributed by atoms with E-state index in [1.165, 1.54) is 0 Å². The van der Waals surface area contributed by atoms with Crippen LogP contribution in [0.4, 0.5) is 18.3 Å². The number of carbonyl (C=O) groups is 1. The van der Waals surface area contributed by atoms with Gasteiger partial charge in [-0.15, -0.1) is 11.3 Å². The minimum Gasteiger partial charge on any atom is -0.312 e. The van der Waals surface area contributed by atoms with Gasteiger partial charge in [0, 0.05) is 11.4 Å². The Morgan fingerprint density at radius 3 is 2.67 bits per heavy atom. The van der Waals surface area contributed by atoms with Crippen LogP contribution in [0.3, 0.4) is 0 Å². The van der Waals surface area contributed by atoms with Crippen LogP contribution in [0.1, 0.15) is 29.0 Å². The van der Waals surface area contributed by atoms with Gasteiger partial charge in [0.2, 0.25) is 0 Å². The van der Waals surface area contributed by atoms with Gasteiger partial charge in [-0.25, -0.2) is 18.2 Å². The topological polar surface area (TPSA) is 54.0 Å². The molecule has 112 valence electrons. The van der Waals surface area contributed by atoms with Gasteiger partial charge in [0.05, 0.1) is 11.3 Å². The Kier molecular flexibility index (Phi) is 4.59. The average Bonchev–Trinajstić information content (AvgIpc) is 2.92.